The monoisotopic (exact) mass is 102 g/mol. The Morgan fingerprint density at radius 2 is 1.71 bits per heavy atom. The summed E-state index contributed by atoms with van der Waals surface area (Å²) in [7, 11) is 6.28. The largest absolute Gasteiger partial charge is 0.673 e. The molecule has 0 aromatic carbocycles. The van der Waals surface area contributed by atoms with Crippen molar-refractivity contribution >= 4 is 0 Å². The molecule has 0 bridgehead atoms. The van der Waals surface area contributed by atoms with Gasteiger partial charge in [0.25, 0.3) is 0 Å². The SMILES string of the molecule is C[N+](C)(C)CC[NH-]. The second-order valence-corrected chi connectivity index (χ2v) is 2.76. The molecule has 0 heterocycles. The Morgan fingerprint density at radius 1 is 1.29 bits per heavy atom. The number of nitrogens with one attached hydrogen (secondary N) is 1. The van der Waals surface area contributed by atoms with E-state index in [1.54, 1.807) is 0 Å². The lowest BCUT2D eigenvalue weighted by atomic mass is 10.5. The zero-order valence-corrected chi connectivity index (χ0v) is 5.36. The molecule has 1 N–H and O–H groups in total. The summed E-state index contributed by atoms with van der Waals surface area (Å²) >= 11 is 0. The van der Waals surface area contributed by atoms with Crippen molar-refractivity contribution in [2.45, 2.75) is 0 Å². The van der Waals surface area contributed by atoms with Crippen LogP contribution in [0.1, 0.15) is 0 Å². The highest BCUT2D eigenvalue weighted by molar-refractivity contribution is 4.45. The second kappa shape index (κ2) is 2.28. The quantitative estimate of drug-likeness (QED) is 0.459. The predicted molar refractivity (Wildman–Crippen MR) is 32.1 cm³/mol. The zero-order chi connectivity index (χ0) is 5.91. The third kappa shape index (κ3) is 5.92. The van der Waals surface area contributed by atoms with Crippen LogP contribution in [0.4, 0.5) is 0 Å². The molecule has 0 rings (SSSR count). The van der Waals surface area contributed by atoms with E-state index >= 15 is 0 Å². The zero-order valence-electron chi connectivity index (χ0n) is 5.36. The Morgan fingerprint density at radius 3 is 1.71 bits per heavy atom. The fourth-order valence-corrected chi connectivity index (χ4v) is 0.335. The molecule has 2 heteroatoms. The van der Waals surface area contributed by atoms with Crippen LogP contribution in [-0.2, 0) is 0 Å². The topological polar surface area (TPSA) is 23.8 Å². The van der Waals surface area contributed by atoms with E-state index in [1.807, 2.05) is 0 Å². The van der Waals surface area contributed by atoms with Crippen LogP contribution in [0.5, 0.6) is 0 Å². The van der Waals surface area contributed by atoms with Gasteiger partial charge in [-0.05, 0) is 0 Å². The normalized spacial score (nSPS) is 12.0. The molecular formula is C5H14N2. The third-order valence-electron chi connectivity index (χ3n) is 0.783. The van der Waals surface area contributed by atoms with Crippen molar-refractivity contribution in [3.8, 4) is 0 Å². The molecule has 44 valence electrons. The van der Waals surface area contributed by atoms with E-state index in [-0.39, 0.29) is 0 Å². The van der Waals surface area contributed by atoms with Crippen molar-refractivity contribution in [3.05, 3.63) is 5.73 Å². The van der Waals surface area contributed by atoms with E-state index in [1.165, 1.54) is 0 Å². The maximum Gasteiger partial charge on any atom is 0.0676 e. The molecule has 0 spiro atoms. The maximum absolute atomic E-state index is 6.84. The summed E-state index contributed by atoms with van der Waals surface area (Å²) in [6, 6.07) is 0. The highest BCUT2D eigenvalue weighted by atomic mass is 15.3. The van der Waals surface area contributed by atoms with Crippen molar-refractivity contribution in [1.29, 1.82) is 0 Å². The number of rotatable bonds is 2. The molecule has 0 atom stereocenters. The van der Waals surface area contributed by atoms with Crippen LogP contribution in [-0.4, -0.2) is 38.7 Å². The minimum Gasteiger partial charge on any atom is -0.673 e. The number of nitrogens with zero attached hydrogens (tertiary/aromatic N) is 1. The first-order valence-electron chi connectivity index (χ1n) is 2.51. The van der Waals surface area contributed by atoms with Crippen LogP contribution in [0.2, 0.25) is 0 Å². The molecule has 0 unspecified atom stereocenters. The van der Waals surface area contributed by atoms with Gasteiger partial charge in [0.05, 0.1) is 27.7 Å². The average molecular weight is 102 g/mol. The van der Waals surface area contributed by atoms with Gasteiger partial charge >= 0.3 is 0 Å². The summed E-state index contributed by atoms with van der Waals surface area (Å²) in [5, 5.41) is 0. The first-order valence-corrected chi connectivity index (χ1v) is 2.51. The summed E-state index contributed by atoms with van der Waals surface area (Å²) < 4.78 is 0.906. The number of likely N-dealkylation sites (N-methyl/N-ethyl adjacent to an activating group) is 1. The summed E-state index contributed by atoms with van der Waals surface area (Å²) in [4.78, 5) is 0. The third-order valence-corrected chi connectivity index (χ3v) is 0.783. The minimum absolute atomic E-state index is 0.531. The Balaban J connectivity index is 3.15. The number of quaternary nitrogens is 1. The molecule has 0 aliphatic heterocycles. The van der Waals surface area contributed by atoms with Crippen molar-refractivity contribution in [2.24, 2.45) is 0 Å². The molecule has 0 amide bonds. The van der Waals surface area contributed by atoms with Crippen LogP contribution in [0.3, 0.4) is 0 Å². The number of hydrogen-bond donors (Lipinski definition) is 0. The summed E-state index contributed by atoms with van der Waals surface area (Å²) in [5.41, 5.74) is 6.84. The molecule has 2 nitrogen and oxygen atoms in total. The van der Waals surface area contributed by atoms with Gasteiger partial charge in [-0.15, -0.1) is 6.54 Å². The summed E-state index contributed by atoms with van der Waals surface area (Å²) in [5.74, 6) is 0. The highest BCUT2D eigenvalue weighted by Gasteiger charge is 1.99. The smallest absolute Gasteiger partial charge is 0.0676 e. The Hall–Kier alpha value is -0.0800. The Bertz CT molecular complexity index is 44.5. The van der Waals surface area contributed by atoms with Crippen molar-refractivity contribution in [2.75, 3.05) is 34.2 Å². The Kier molecular flexibility index (Phi) is 2.26. The van der Waals surface area contributed by atoms with Crippen molar-refractivity contribution in [1.82, 2.24) is 0 Å². The number of hydrogen-bond acceptors (Lipinski definition) is 0. The molecule has 0 aromatic heterocycles. The van der Waals surface area contributed by atoms with Gasteiger partial charge < -0.3 is 10.2 Å². The minimum atomic E-state index is 0.531. The van der Waals surface area contributed by atoms with Crippen LogP contribution >= 0.6 is 0 Å². The van der Waals surface area contributed by atoms with Crippen LogP contribution in [0, 0.1) is 0 Å². The van der Waals surface area contributed by atoms with Crippen molar-refractivity contribution in [3.63, 3.8) is 0 Å². The van der Waals surface area contributed by atoms with E-state index in [4.69, 9.17) is 5.73 Å². The van der Waals surface area contributed by atoms with E-state index in [0.29, 0.717) is 6.54 Å². The van der Waals surface area contributed by atoms with Crippen molar-refractivity contribution < 1.29 is 4.48 Å². The van der Waals surface area contributed by atoms with E-state index < -0.39 is 0 Å². The highest BCUT2D eigenvalue weighted by Crippen LogP contribution is 1.86. The molecule has 0 saturated heterocycles. The molecule has 0 radical (unpaired) electrons. The van der Waals surface area contributed by atoms with Gasteiger partial charge in [-0.1, -0.05) is 0 Å². The van der Waals surface area contributed by atoms with Gasteiger partial charge in [0.2, 0.25) is 0 Å². The first kappa shape index (κ1) is 6.92. The van der Waals surface area contributed by atoms with Crippen LogP contribution in [0.25, 0.3) is 5.73 Å². The van der Waals surface area contributed by atoms with E-state index in [9.17, 15) is 0 Å². The molecular weight excluding hydrogens is 88.1 g/mol. The van der Waals surface area contributed by atoms with Gasteiger partial charge in [-0.25, -0.2) is 0 Å². The fraction of sp³-hybridized carbons (Fsp3) is 1.00. The molecule has 0 aliphatic rings. The van der Waals surface area contributed by atoms with E-state index in [0.717, 1.165) is 11.0 Å². The van der Waals surface area contributed by atoms with Gasteiger partial charge in [-0.2, -0.15) is 0 Å². The predicted octanol–water partition coefficient (Wildman–Crippen LogP) is 0.745. The lowest BCUT2D eigenvalue weighted by Gasteiger charge is -2.24. The maximum atomic E-state index is 6.84. The molecule has 0 aromatic rings. The molecule has 0 aliphatic carbocycles. The first-order chi connectivity index (χ1) is 3.06. The summed E-state index contributed by atoms with van der Waals surface area (Å²) in [6.45, 7) is 1.48. The lowest BCUT2D eigenvalue weighted by molar-refractivity contribution is -0.868. The molecule has 7 heavy (non-hydrogen) atoms. The fourth-order valence-electron chi connectivity index (χ4n) is 0.335. The van der Waals surface area contributed by atoms with Gasteiger partial charge in [0.15, 0.2) is 0 Å². The lowest BCUT2D eigenvalue weighted by Crippen LogP contribution is -2.36. The van der Waals surface area contributed by atoms with Gasteiger partial charge in [0, 0.05) is 0 Å². The second-order valence-electron chi connectivity index (χ2n) is 2.76. The van der Waals surface area contributed by atoms with Crippen LogP contribution < -0.4 is 0 Å². The summed E-state index contributed by atoms with van der Waals surface area (Å²) in [6.07, 6.45) is 0. The Labute approximate surface area is 45.5 Å². The van der Waals surface area contributed by atoms with Crippen LogP contribution in [0.15, 0.2) is 0 Å². The van der Waals surface area contributed by atoms with Gasteiger partial charge in [0.1, 0.15) is 0 Å². The van der Waals surface area contributed by atoms with E-state index in [2.05, 4.69) is 21.1 Å². The molecule has 0 saturated carbocycles. The van der Waals surface area contributed by atoms with Gasteiger partial charge in [-0.3, -0.25) is 0 Å². The molecule has 0 fully saturated rings. The standard InChI is InChI=1S/C5H14N2/c1-7(2,3)5-4-6/h6H,4-5H2,1-3H3. The average Bonchev–Trinajstić information content (AvgIpc) is 1.30.